The second-order valence-electron chi connectivity index (χ2n) is 8.42. The number of ether oxygens (including phenoxy) is 2. The third kappa shape index (κ3) is 4.29. The average molecular weight is 386 g/mol. The molecule has 2 aliphatic rings. The second-order valence-corrected chi connectivity index (χ2v) is 8.42. The first-order chi connectivity index (χ1) is 13.5. The largest absolute Gasteiger partial charge is 0.477 e. The Morgan fingerprint density at radius 2 is 2.11 bits per heavy atom. The van der Waals surface area contributed by atoms with Crippen LogP contribution >= 0.6 is 0 Å². The zero-order valence-corrected chi connectivity index (χ0v) is 16.9. The molecule has 4 rings (SSSR count). The van der Waals surface area contributed by atoms with E-state index < -0.39 is 0 Å². The Kier molecular flexibility index (Phi) is 5.53. The highest BCUT2D eigenvalue weighted by Gasteiger charge is 2.32. The quantitative estimate of drug-likeness (QED) is 0.716. The fraction of sp³-hybridized carbons (Fsp3) is 0.667. The van der Waals surface area contributed by atoms with Gasteiger partial charge in [-0.1, -0.05) is 0 Å². The highest BCUT2D eigenvalue weighted by molar-refractivity contribution is 5.81. The summed E-state index contributed by atoms with van der Waals surface area (Å²) in [4.78, 5) is 19.9. The maximum Gasteiger partial charge on any atom is 0.226 e. The van der Waals surface area contributed by atoms with E-state index in [2.05, 4.69) is 39.0 Å². The van der Waals surface area contributed by atoms with Gasteiger partial charge in [-0.25, -0.2) is 9.97 Å². The van der Waals surface area contributed by atoms with E-state index in [0.717, 1.165) is 29.8 Å². The van der Waals surface area contributed by atoms with Crippen molar-refractivity contribution in [1.29, 1.82) is 0 Å². The van der Waals surface area contributed by atoms with Gasteiger partial charge in [-0.3, -0.25) is 4.79 Å². The molecule has 2 aliphatic carbocycles. The number of rotatable bonds is 9. The Morgan fingerprint density at radius 1 is 1.32 bits per heavy atom. The van der Waals surface area contributed by atoms with E-state index in [0.29, 0.717) is 31.1 Å². The summed E-state index contributed by atoms with van der Waals surface area (Å²) in [6.45, 7) is 6.95. The third-order valence-electron chi connectivity index (χ3n) is 5.90. The number of carbonyl (C=O) groups is 1. The van der Waals surface area contributed by atoms with Crippen molar-refractivity contribution < 1.29 is 14.3 Å². The number of fused-ring (bicyclic) bond motifs is 1. The molecule has 0 aliphatic heterocycles. The molecule has 152 valence electrons. The summed E-state index contributed by atoms with van der Waals surface area (Å²) in [6.07, 6.45) is 8.56. The van der Waals surface area contributed by atoms with Gasteiger partial charge in [-0.2, -0.15) is 0 Å². The van der Waals surface area contributed by atoms with Crippen molar-refractivity contribution in [3.8, 4) is 5.88 Å². The van der Waals surface area contributed by atoms with E-state index in [-0.39, 0.29) is 18.1 Å². The summed E-state index contributed by atoms with van der Waals surface area (Å²) >= 11 is 0. The first-order valence-electron chi connectivity index (χ1n) is 10.3. The minimum atomic E-state index is -0.0208. The molecule has 1 amide bonds. The zero-order chi connectivity index (χ0) is 19.7. The summed E-state index contributed by atoms with van der Waals surface area (Å²) in [5.74, 6) is 1.91. The van der Waals surface area contributed by atoms with Crippen LogP contribution < -0.4 is 10.1 Å². The van der Waals surface area contributed by atoms with E-state index in [4.69, 9.17) is 9.47 Å². The highest BCUT2D eigenvalue weighted by atomic mass is 16.5. The van der Waals surface area contributed by atoms with Gasteiger partial charge in [0, 0.05) is 25.2 Å². The highest BCUT2D eigenvalue weighted by Crippen LogP contribution is 2.41. The van der Waals surface area contributed by atoms with Gasteiger partial charge >= 0.3 is 0 Å². The number of amides is 1. The fourth-order valence-corrected chi connectivity index (χ4v) is 4.01. The Balaban J connectivity index is 1.26. The lowest BCUT2D eigenvalue weighted by Gasteiger charge is -2.35. The summed E-state index contributed by atoms with van der Waals surface area (Å²) in [6, 6.07) is 2.59. The molecule has 0 radical (unpaired) electrons. The van der Waals surface area contributed by atoms with Crippen LogP contribution in [0.15, 0.2) is 18.6 Å². The van der Waals surface area contributed by atoms with Crippen LogP contribution in [0.2, 0.25) is 0 Å². The van der Waals surface area contributed by atoms with Gasteiger partial charge in [0.15, 0.2) is 0 Å². The Hall–Kier alpha value is -2.15. The Morgan fingerprint density at radius 3 is 2.82 bits per heavy atom. The SMILES string of the molecule is CC(=O)N[C@@H](C)CO[C@H]1C[C@H](COc2ncnc3c2ccn3C(C)C2CC2)C1. The van der Waals surface area contributed by atoms with Gasteiger partial charge in [-0.15, -0.1) is 0 Å². The van der Waals surface area contributed by atoms with E-state index in [9.17, 15) is 4.79 Å². The van der Waals surface area contributed by atoms with Crippen LogP contribution in [0.1, 0.15) is 52.5 Å². The van der Waals surface area contributed by atoms with Gasteiger partial charge in [0.1, 0.15) is 12.0 Å². The molecule has 1 unspecified atom stereocenters. The molecule has 0 saturated heterocycles. The maximum absolute atomic E-state index is 11.0. The van der Waals surface area contributed by atoms with Crippen LogP contribution in [0, 0.1) is 11.8 Å². The molecule has 2 atom stereocenters. The maximum atomic E-state index is 11.0. The lowest BCUT2D eigenvalue weighted by Crippen LogP contribution is -2.40. The Bertz CT molecular complexity index is 826. The predicted molar refractivity (Wildman–Crippen MR) is 106 cm³/mol. The lowest BCUT2D eigenvalue weighted by molar-refractivity contribution is -0.120. The fourth-order valence-electron chi connectivity index (χ4n) is 4.01. The molecule has 0 bridgehead atoms. The summed E-state index contributed by atoms with van der Waals surface area (Å²) < 4.78 is 14.1. The van der Waals surface area contributed by atoms with Crippen LogP contribution in [0.3, 0.4) is 0 Å². The van der Waals surface area contributed by atoms with Crippen molar-refractivity contribution in [2.45, 2.75) is 64.6 Å². The summed E-state index contributed by atoms with van der Waals surface area (Å²) in [7, 11) is 0. The van der Waals surface area contributed by atoms with Crippen LogP contribution in [0.4, 0.5) is 0 Å². The smallest absolute Gasteiger partial charge is 0.226 e. The Labute approximate surface area is 165 Å². The minimum Gasteiger partial charge on any atom is -0.477 e. The molecule has 2 aromatic heterocycles. The number of hydrogen-bond donors (Lipinski definition) is 1. The second kappa shape index (κ2) is 8.07. The van der Waals surface area contributed by atoms with Crippen LogP contribution in [-0.2, 0) is 9.53 Å². The molecule has 7 heteroatoms. The molecule has 2 aromatic rings. The van der Waals surface area contributed by atoms with Crippen molar-refractivity contribution >= 4 is 16.9 Å². The zero-order valence-electron chi connectivity index (χ0n) is 16.9. The number of nitrogens with one attached hydrogen (secondary N) is 1. The molecular formula is C21H30N4O3. The third-order valence-corrected chi connectivity index (χ3v) is 5.90. The molecule has 0 aromatic carbocycles. The van der Waals surface area contributed by atoms with Gasteiger partial charge < -0.3 is 19.4 Å². The molecule has 1 N–H and O–H groups in total. The molecule has 2 fully saturated rings. The first-order valence-corrected chi connectivity index (χ1v) is 10.3. The van der Waals surface area contributed by atoms with Crippen molar-refractivity contribution in [1.82, 2.24) is 19.9 Å². The topological polar surface area (TPSA) is 78.3 Å². The molecule has 0 spiro atoms. The molecule has 2 heterocycles. The number of carbonyl (C=O) groups excluding carboxylic acids is 1. The van der Waals surface area contributed by atoms with Crippen molar-refractivity contribution in [3.63, 3.8) is 0 Å². The van der Waals surface area contributed by atoms with Crippen LogP contribution in [0.25, 0.3) is 11.0 Å². The van der Waals surface area contributed by atoms with Gasteiger partial charge in [0.05, 0.1) is 24.7 Å². The first kappa shape index (κ1) is 19.2. The molecule has 28 heavy (non-hydrogen) atoms. The van der Waals surface area contributed by atoms with E-state index >= 15 is 0 Å². The van der Waals surface area contributed by atoms with Crippen molar-refractivity contribution in [2.24, 2.45) is 11.8 Å². The van der Waals surface area contributed by atoms with Crippen LogP contribution in [0.5, 0.6) is 5.88 Å². The standard InChI is InChI=1S/C21H30N4O3/c1-13(24-15(3)26)10-27-18-8-16(9-18)11-28-21-19-6-7-25(14(2)17-4-5-17)20(19)22-12-23-21/h6-7,12-14,16-18H,4-5,8-11H2,1-3H3,(H,24,26)/t13-,14?,16-,18-/m0/s1. The van der Waals surface area contributed by atoms with E-state index in [1.54, 1.807) is 6.33 Å². The molecular weight excluding hydrogens is 356 g/mol. The molecule has 2 saturated carbocycles. The summed E-state index contributed by atoms with van der Waals surface area (Å²) in [5, 5.41) is 3.83. The summed E-state index contributed by atoms with van der Waals surface area (Å²) in [5.41, 5.74) is 0.964. The number of aromatic nitrogens is 3. The van der Waals surface area contributed by atoms with Gasteiger partial charge in [0.25, 0.3) is 0 Å². The van der Waals surface area contributed by atoms with E-state index in [1.165, 1.54) is 19.8 Å². The van der Waals surface area contributed by atoms with Gasteiger partial charge in [0.2, 0.25) is 11.8 Å². The van der Waals surface area contributed by atoms with Crippen LogP contribution in [-0.4, -0.2) is 45.8 Å². The van der Waals surface area contributed by atoms with Gasteiger partial charge in [-0.05, 0) is 57.4 Å². The normalized spacial score (nSPS) is 23.8. The number of hydrogen-bond acceptors (Lipinski definition) is 5. The van der Waals surface area contributed by atoms with Crippen molar-refractivity contribution in [3.05, 3.63) is 18.6 Å². The monoisotopic (exact) mass is 386 g/mol. The predicted octanol–water partition coefficient (Wildman–Crippen LogP) is 3.10. The lowest BCUT2D eigenvalue weighted by atomic mass is 9.83. The van der Waals surface area contributed by atoms with E-state index in [1.807, 2.05) is 6.92 Å². The number of nitrogens with zero attached hydrogens (tertiary/aromatic N) is 3. The minimum absolute atomic E-state index is 0.0208. The molecule has 7 nitrogen and oxygen atoms in total. The average Bonchev–Trinajstić information content (AvgIpc) is 3.38. The van der Waals surface area contributed by atoms with Crippen molar-refractivity contribution in [2.75, 3.05) is 13.2 Å².